The Morgan fingerprint density at radius 1 is 0.935 bits per heavy atom. The van der Waals surface area contributed by atoms with E-state index in [2.05, 4.69) is 35.9 Å². The van der Waals surface area contributed by atoms with Crippen LogP contribution in [0.15, 0.2) is 34.5 Å². The van der Waals surface area contributed by atoms with Gasteiger partial charge in [-0.1, -0.05) is 0 Å². The maximum atomic E-state index is 11.8. The second-order valence-electron chi connectivity index (χ2n) is 10.2. The third kappa shape index (κ3) is 15.4. The van der Waals surface area contributed by atoms with Crippen molar-refractivity contribution in [2.24, 2.45) is 0 Å². The van der Waals surface area contributed by atoms with E-state index in [1.54, 1.807) is 10.9 Å². The van der Waals surface area contributed by atoms with Crippen LogP contribution in [0.3, 0.4) is 0 Å². The zero-order chi connectivity index (χ0) is 33.6. The summed E-state index contributed by atoms with van der Waals surface area (Å²) >= 11 is 0. The van der Waals surface area contributed by atoms with Crippen LogP contribution in [0.5, 0.6) is 0 Å². The van der Waals surface area contributed by atoms with Gasteiger partial charge in [-0.15, -0.1) is 0 Å². The number of carbonyl (C=O) groups excluding carboxylic acids is 3. The number of fused-ring (bicyclic) bond motifs is 1. The number of aromatic amines is 1. The van der Waals surface area contributed by atoms with Gasteiger partial charge in [0.1, 0.15) is 11.8 Å². The number of nitrogens with zero attached hydrogens (tertiary/aromatic N) is 6. The average Bonchev–Trinajstić information content (AvgIpc) is 3.45. The number of nitrogens with two attached hydrogens (primary N) is 1. The highest BCUT2D eigenvalue weighted by atomic mass is 16.5. The molecule has 0 saturated carbocycles. The third-order valence-electron chi connectivity index (χ3n) is 6.26. The molecule has 0 bridgehead atoms. The molecule has 0 unspecified atom stereocenters. The Balaban J connectivity index is 0.000000321. The minimum absolute atomic E-state index is 0.0350. The van der Waals surface area contributed by atoms with Gasteiger partial charge in [0.2, 0.25) is 18.2 Å². The van der Waals surface area contributed by atoms with Gasteiger partial charge in [-0.05, 0) is 26.9 Å². The standard InChI is InChI=1S/C15H26N4O5.C13H19N7O2/c1-18(2)8-10-24-12-11-23-9-5-16-13(20)3-6-19-7-4-14(21)17-15(19)22;14-12-11-13(18-7-17-12)20(8-19-11)6-3-10(22)16-5-2-1-4-15-9-21/h4,7H,3,5-6,8-12H2,1-2H3,(H,16,20)(H,17,21,22);7-9H,1-6H2,(H,15,21)(H,16,22)(H2,14,17,18). The van der Waals surface area contributed by atoms with E-state index < -0.39 is 11.2 Å². The first-order valence-corrected chi connectivity index (χ1v) is 14.9. The largest absolute Gasteiger partial charge is 0.382 e. The summed E-state index contributed by atoms with van der Waals surface area (Å²) in [6.45, 7) is 5.26. The number of rotatable bonds is 21. The number of amides is 3. The average molecular weight is 648 g/mol. The highest BCUT2D eigenvalue weighted by Gasteiger charge is 2.09. The molecule has 18 nitrogen and oxygen atoms in total. The fourth-order valence-electron chi connectivity index (χ4n) is 3.77. The molecule has 0 spiro atoms. The van der Waals surface area contributed by atoms with Crippen molar-refractivity contribution in [3.8, 4) is 0 Å². The number of hydrogen-bond donors (Lipinski definition) is 5. The van der Waals surface area contributed by atoms with Gasteiger partial charge in [-0.25, -0.2) is 19.7 Å². The number of anilines is 1. The van der Waals surface area contributed by atoms with Gasteiger partial charge in [-0.2, -0.15) is 0 Å². The Morgan fingerprint density at radius 3 is 2.30 bits per heavy atom. The number of likely N-dealkylation sites (N-methyl/N-ethyl adjacent to an activating group) is 1. The van der Waals surface area contributed by atoms with Crippen LogP contribution >= 0.6 is 0 Å². The van der Waals surface area contributed by atoms with Crippen molar-refractivity contribution in [1.82, 2.24) is 49.9 Å². The van der Waals surface area contributed by atoms with Gasteiger partial charge in [0.05, 0.1) is 32.8 Å². The number of hydrogen-bond acceptors (Lipinski definition) is 12. The molecule has 3 heterocycles. The maximum Gasteiger partial charge on any atom is 0.328 e. The summed E-state index contributed by atoms with van der Waals surface area (Å²) in [7, 11) is 3.96. The molecule has 0 saturated heterocycles. The van der Waals surface area contributed by atoms with Gasteiger partial charge in [-0.3, -0.25) is 24.2 Å². The smallest absolute Gasteiger partial charge is 0.328 e. The molecule has 0 fully saturated rings. The third-order valence-corrected chi connectivity index (χ3v) is 6.26. The van der Waals surface area contributed by atoms with Crippen LogP contribution in [-0.4, -0.2) is 119 Å². The molecule has 3 aromatic rings. The molecule has 6 N–H and O–H groups in total. The second kappa shape index (κ2) is 21.9. The Hall–Kier alpha value is -4.68. The van der Waals surface area contributed by atoms with Crippen molar-refractivity contribution < 1.29 is 23.9 Å². The van der Waals surface area contributed by atoms with Crippen LogP contribution in [0, 0.1) is 0 Å². The highest BCUT2D eigenvalue weighted by molar-refractivity contribution is 5.81. The molecule has 0 atom stereocenters. The Bertz CT molecular complexity index is 1460. The Kier molecular flexibility index (Phi) is 17.9. The molecule has 0 aromatic carbocycles. The molecule has 18 heteroatoms. The van der Waals surface area contributed by atoms with Crippen molar-refractivity contribution in [1.29, 1.82) is 0 Å². The predicted molar refractivity (Wildman–Crippen MR) is 170 cm³/mol. The number of carbonyl (C=O) groups is 3. The molecule has 0 radical (unpaired) electrons. The molecule has 46 heavy (non-hydrogen) atoms. The first kappa shape index (κ1) is 37.5. The lowest BCUT2D eigenvalue weighted by molar-refractivity contribution is -0.122. The first-order chi connectivity index (χ1) is 22.2. The van der Waals surface area contributed by atoms with Crippen LogP contribution in [0.25, 0.3) is 11.2 Å². The minimum atomic E-state index is -0.520. The zero-order valence-corrected chi connectivity index (χ0v) is 26.4. The van der Waals surface area contributed by atoms with Crippen LogP contribution in [0.2, 0.25) is 0 Å². The van der Waals surface area contributed by atoms with Crippen molar-refractivity contribution >= 4 is 35.2 Å². The van der Waals surface area contributed by atoms with E-state index in [0.717, 1.165) is 19.4 Å². The van der Waals surface area contributed by atoms with Crippen LogP contribution in [-0.2, 0) is 36.9 Å². The normalized spacial score (nSPS) is 10.8. The van der Waals surface area contributed by atoms with Crippen LogP contribution < -0.4 is 32.9 Å². The number of unbranched alkanes of at least 4 members (excludes halogenated alkanes) is 1. The van der Waals surface area contributed by atoms with Crippen molar-refractivity contribution in [3.05, 3.63) is 45.8 Å². The molecule has 0 aliphatic carbocycles. The lowest BCUT2D eigenvalue weighted by Gasteiger charge is -2.10. The lowest BCUT2D eigenvalue weighted by atomic mass is 10.3. The quantitative estimate of drug-likeness (QED) is 0.0629. The van der Waals surface area contributed by atoms with E-state index >= 15 is 0 Å². The van der Waals surface area contributed by atoms with Gasteiger partial charge >= 0.3 is 5.69 Å². The molecule has 3 rings (SSSR count). The number of aryl methyl sites for hydroxylation is 2. The van der Waals surface area contributed by atoms with Crippen LogP contribution in [0.1, 0.15) is 25.7 Å². The van der Waals surface area contributed by atoms with E-state index in [0.29, 0.717) is 82.4 Å². The monoisotopic (exact) mass is 647 g/mol. The van der Waals surface area contributed by atoms with Gasteiger partial charge < -0.3 is 45.2 Å². The lowest BCUT2D eigenvalue weighted by Crippen LogP contribution is -2.32. The minimum Gasteiger partial charge on any atom is -0.382 e. The summed E-state index contributed by atoms with van der Waals surface area (Å²) in [5.41, 5.74) is 5.90. The fraction of sp³-hybridized carbons (Fsp3) is 0.571. The number of H-pyrrole nitrogens is 1. The molecule has 0 aliphatic heterocycles. The predicted octanol–water partition coefficient (Wildman–Crippen LogP) is -1.92. The fourth-order valence-corrected chi connectivity index (χ4v) is 3.77. The molecular weight excluding hydrogens is 602 g/mol. The molecular formula is C28H45N11O7. The van der Waals surface area contributed by atoms with Gasteiger partial charge in [0.25, 0.3) is 5.56 Å². The first-order valence-electron chi connectivity index (χ1n) is 14.9. The summed E-state index contributed by atoms with van der Waals surface area (Å²) in [6.07, 6.45) is 7.17. The maximum absolute atomic E-state index is 11.8. The van der Waals surface area contributed by atoms with E-state index in [1.807, 2.05) is 19.0 Å². The highest BCUT2D eigenvalue weighted by Crippen LogP contribution is 2.14. The zero-order valence-electron chi connectivity index (χ0n) is 26.4. The Morgan fingerprint density at radius 2 is 1.61 bits per heavy atom. The number of ether oxygens (including phenoxy) is 2. The summed E-state index contributed by atoms with van der Waals surface area (Å²) in [4.78, 5) is 72.1. The van der Waals surface area contributed by atoms with E-state index in [9.17, 15) is 24.0 Å². The molecule has 3 aromatic heterocycles. The Labute approximate surface area is 266 Å². The molecule has 3 amide bonds. The summed E-state index contributed by atoms with van der Waals surface area (Å²) < 4.78 is 13.8. The number of imidazole rings is 1. The van der Waals surface area contributed by atoms with Crippen molar-refractivity contribution in [3.63, 3.8) is 0 Å². The van der Waals surface area contributed by atoms with E-state index in [-0.39, 0.29) is 24.8 Å². The number of nitrogens with one attached hydrogen (secondary N) is 4. The summed E-state index contributed by atoms with van der Waals surface area (Å²) in [5.74, 6) is 0.114. The summed E-state index contributed by atoms with van der Waals surface area (Å²) in [6, 6.07) is 1.24. The van der Waals surface area contributed by atoms with Crippen molar-refractivity contribution in [2.45, 2.75) is 38.8 Å². The SMILES string of the molecule is CN(C)CCOCCOCCNC(=O)CCn1ccc(=O)[nH]c1=O.Nc1ncnc2c1ncn2CCC(=O)NCCCCNC=O. The molecule has 0 aliphatic rings. The summed E-state index contributed by atoms with van der Waals surface area (Å²) in [5, 5.41) is 8.11. The van der Waals surface area contributed by atoms with Gasteiger partial charge in [0.15, 0.2) is 11.5 Å². The van der Waals surface area contributed by atoms with E-state index in [4.69, 9.17) is 15.2 Å². The van der Waals surface area contributed by atoms with Gasteiger partial charge in [0, 0.05) is 64.4 Å². The number of aromatic nitrogens is 6. The topological polar surface area (TPSA) is 233 Å². The van der Waals surface area contributed by atoms with Crippen LogP contribution in [0.4, 0.5) is 5.82 Å². The van der Waals surface area contributed by atoms with Crippen molar-refractivity contribution in [2.75, 3.05) is 72.4 Å². The second-order valence-corrected chi connectivity index (χ2v) is 10.2. The molecule has 254 valence electrons. The number of nitrogen functional groups attached to an aromatic ring is 1. The van der Waals surface area contributed by atoms with E-state index in [1.165, 1.54) is 23.2 Å².